The van der Waals surface area contributed by atoms with Crippen molar-refractivity contribution in [3.63, 3.8) is 0 Å². The Bertz CT molecular complexity index is 1300. The number of nitrogen functional groups attached to an aromatic ring is 1. The number of anilines is 2. The summed E-state index contributed by atoms with van der Waals surface area (Å²) in [5.41, 5.74) is 8.64. The first-order chi connectivity index (χ1) is 18.5. The maximum atomic E-state index is 13.4. The molecule has 1 saturated heterocycles. The minimum absolute atomic E-state index is 0.0727. The van der Waals surface area contributed by atoms with Crippen molar-refractivity contribution >= 4 is 23.2 Å². The number of fused-ring (bicyclic) bond motifs is 1. The lowest BCUT2D eigenvalue weighted by Gasteiger charge is -2.36. The SMILES string of the molecule is CCC[C@@H](Oc1nc(N)c2ncc(Cc3cnc(N4CCN(C(=O)CN(C)C)CC4)c(C)c3)n2n1)C(F)(F)F. The molecule has 2 N–H and O–H groups in total. The summed E-state index contributed by atoms with van der Waals surface area (Å²) in [7, 11) is 3.75. The molecular formula is C25H34F3N9O2. The highest BCUT2D eigenvalue weighted by molar-refractivity contribution is 5.78. The van der Waals surface area contributed by atoms with Gasteiger partial charge >= 0.3 is 12.2 Å². The summed E-state index contributed by atoms with van der Waals surface area (Å²) in [6.07, 6.45) is -2.83. The van der Waals surface area contributed by atoms with E-state index in [1.807, 2.05) is 36.9 Å². The van der Waals surface area contributed by atoms with E-state index in [1.165, 1.54) is 4.52 Å². The fraction of sp³-hybridized carbons (Fsp3) is 0.560. The van der Waals surface area contributed by atoms with Crippen LogP contribution in [0.4, 0.5) is 24.8 Å². The number of piperazine rings is 1. The maximum Gasteiger partial charge on any atom is 0.425 e. The van der Waals surface area contributed by atoms with E-state index >= 15 is 0 Å². The Morgan fingerprint density at radius 2 is 1.90 bits per heavy atom. The average Bonchev–Trinajstić information content (AvgIpc) is 3.26. The number of nitrogens with zero attached hydrogens (tertiary/aromatic N) is 8. The van der Waals surface area contributed by atoms with Crippen LogP contribution in [0.2, 0.25) is 0 Å². The molecule has 1 amide bonds. The summed E-state index contributed by atoms with van der Waals surface area (Å²) < 4.78 is 46.5. The Morgan fingerprint density at radius 3 is 2.51 bits per heavy atom. The monoisotopic (exact) mass is 549 g/mol. The molecular weight excluding hydrogens is 515 g/mol. The topological polar surface area (TPSA) is 118 Å². The number of aromatic nitrogens is 5. The summed E-state index contributed by atoms with van der Waals surface area (Å²) in [6.45, 7) is 6.66. The molecule has 4 rings (SSSR count). The molecule has 1 fully saturated rings. The van der Waals surface area contributed by atoms with Crippen LogP contribution in [0.1, 0.15) is 36.6 Å². The number of alkyl halides is 3. The van der Waals surface area contributed by atoms with Crippen LogP contribution in [-0.2, 0) is 11.2 Å². The Balaban J connectivity index is 1.48. The molecule has 14 heteroatoms. The highest BCUT2D eigenvalue weighted by atomic mass is 19.4. The first-order valence-corrected chi connectivity index (χ1v) is 12.8. The Morgan fingerprint density at radius 1 is 1.18 bits per heavy atom. The number of hydrogen-bond acceptors (Lipinski definition) is 9. The highest BCUT2D eigenvalue weighted by Gasteiger charge is 2.41. The number of rotatable bonds is 9. The van der Waals surface area contributed by atoms with Gasteiger partial charge in [-0.15, -0.1) is 5.10 Å². The molecule has 0 bridgehead atoms. The van der Waals surface area contributed by atoms with E-state index in [9.17, 15) is 18.0 Å². The number of pyridine rings is 1. The minimum Gasteiger partial charge on any atom is -0.449 e. The van der Waals surface area contributed by atoms with Crippen LogP contribution in [0.5, 0.6) is 6.01 Å². The number of likely N-dealkylation sites (N-methyl/N-ethyl adjacent to an activating group) is 1. The van der Waals surface area contributed by atoms with Crippen LogP contribution in [0.3, 0.4) is 0 Å². The van der Waals surface area contributed by atoms with Gasteiger partial charge in [-0.25, -0.2) is 14.5 Å². The third-order valence-electron chi connectivity index (χ3n) is 6.48. The number of nitrogens with two attached hydrogens (primary N) is 1. The smallest absolute Gasteiger partial charge is 0.425 e. The molecule has 0 spiro atoms. The molecule has 4 heterocycles. The van der Waals surface area contributed by atoms with E-state index in [0.29, 0.717) is 44.8 Å². The molecule has 1 aliphatic rings. The molecule has 3 aromatic heterocycles. The van der Waals surface area contributed by atoms with Crippen LogP contribution in [0.15, 0.2) is 18.5 Å². The van der Waals surface area contributed by atoms with Gasteiger partial charge in [0.2, 0.25) is 5.91 Å². The lowest BCUT2D eigenvalue weighted by atomic mass is 10.1. The number of carbonyl (C=O) groups is 1. The molecule has 1 aliphatic heterocycles. The lowest BCUT2D eigenvalue weighted by Crippen LogP contribution is -2.51. The van der Waals surface area contributed by atoms with Crippen molar-refractivity contribution in [1.82, 2.24) is 34.4 Å². The van der Waals surface area contributed by atoms with E-state index in [2.05, 4.69) is 25.0 Å². The van der Waals surface area contributed by atoms with Crippen LogP contribution >= 0.6 is 0 Å². The largest absolute Gasteiger partial charge is 0.449 e. The molecule has 0 saturated carbocycles. The van der Waals surface area contributed by atoms with Crippen LogP contribution in [-0.4, -0.2) is 99.4 Å². The second kappa shape index (κ2) is 11.6. The maximum absolute atomic E-state index is 13.4. The fourth-order valence-corrected chi connectivity index (χ4v) is 4.58. The van der Waals surface area contributed by atoms with Gasteiger partial charge < -0.3 is 25.2 Å². The summed E-state index contributed by atoms with van der Waals surface area (Å²) in [6, 6.07) is 1.55. The minimum atomic E-state index is -4.56. The summed E-state index contributed by atoms with van der Waals surface area (Å²) in [5.74, 6) is 0.898. The van der Waals surface area contributed by atoms with Gasteiger partial charge in [0.1, 0.15) is 5.82 Å². The Kier molecular flexibility index (Phi) is 8.42. The number of aryl methyl sites for hydroxylation is 1. The summed E-state index contributed by atoms with van der Waals surface area (Å²) >= 11 is 0. The van der Waals surface area contributed by atoms with Crippen LogP contribution in [0, 0.1) is 6.92 Å². The van der Waals surface area contributed by atoms with Crippen molar-refractivity contribution in [2.45, 2.75) is 45.4 Å². The zero-order valence-corrected chi connectivity index (χ0v) is 22.6. The van der Waals surface area contributed by atoms with E-state index in [0.717, 1.165) is 16.9 Å². The number of imidazole rings is 1. The van der Waals surface area contributed by atoms with Crippen molar-refractivity contribution in [3.05, 3.63) is 35.3 Å². The lowest BCUT2D eigenvalue weighted by molar-refractivity contribution is -0.198. The first-order valence-electron chi connectivity index (χ1n) is 12.8. The molecule has 1 atom stereocenters. The second-order valence-corrected chi connectivity index (χ2v) is 9.97. The zero-order chi connectivity index (χ0) is 28.3. The van der Waals surface area contributed by atoms with Gasteiger partial charge in [-0.2, -0.15) is 18.2 Å². The van der Waals surface area contributed by atoms with Gasteiger partial charge in [0.05, 0.1) is 18.4 Å². The second-order valence-electron chi connectivity index (χ2n) is 9.97. The molecule has 3 aromatic rings. The van der Waals surface area contributed by atoms with Gasteiger partial charge in [0.15, 0.2) is 17.6 Å². The molecule has 212 valence electrons. The predicted molar refractivity (Wildman–Crippen MR) is 140 cm³/mol. The Hall–Kier alpha value is -3.68. The number of hydrogen-bond donors (Lipinski definition) is 1. The van der Waals surface area contributed by atoms with Gasteiger partial charge in [0.25, 0.3) is 0 Å². The quantitative estimate of drug-likeness (QED) is 0.429. The van der Waals surface area contributed by atoms with Crippen molar-refractivity contribution < 1.29 is 22.7 Å². The van der Waals surface area contributed by atoms with Crippen molar-refractivity contribution in [2.75, 3.05) is 57.5 Å². The van der Waals surface area contributed by atoms with Crippen LogP contribution in [0.25, 0.3) is 5.65 Å². The predicted octanol–water partition coefficient (Wildman–Crippen LogP) is 2.32. The van der Waals surface area contributed by atoms with Gasteiger partial charge in [-0.05, 0) is 38.6 Å². The van der Waals surface area contributed by atoms with E-state index in [-0.39, 0.29) is 30.2 Å². The molecule has 0 radical (unpaired) electrons. The highest BCUT2D eigenvalue weighted by Crippen LogP contribution is 2.28. The molecule has 0 unspecified atom stereocenters. The van der Waals surface area contributed by atoms with Crippen molar-refractivity contribution in [3.8, 4) is 6.01 Å². The van der Waals surface area contributed by atoms with E-state index in [1.54, 1.807) is 19.3 Å². The van der Waals surface area contributed by atoms with Gasteiger partial charge in [-0.3, -0.25) is 4.79 Å². The summed E-state index contributed by atoms with van der Waals surface area (Å²) in [5, 5.41) is 4.16. The first kappa shape index (κ1) is 28.3. The standard InChI is InChI=1S/C25H34F3N9O2/c1-5-6-19(25(26,27)28)39-24-32-21(29)23-31-14-18(37(23)33-24)12-17-11-16(2)22(30-13-17)36-9-7-35(8-10-36)20(38)15-34(3)4/h11,13-14,19H,5-10,12,15H2,1-4H3,(H2,29,32,33)/t19-/m1/s1. The van der Waals surface area contributed by atoms with Gasteiger partial charge in [0, 0.05) is 38.8 Å². The third-order valence-corrected chi connectivity index (χ3v) is 6.48. The normalized spacial score (nSPS) is 15.3. The van der Waals surface area contributed by atoms with E-state index in [4.69, 9.17) is 10.5 Å². The third kappa shape index (κ3) is 6.67. The van der Waals surface area contributed by atoms with E-state index < -0.39 is 18.3 Å². The average molecular weight is 550 g/mol. The molecule has 0 aromatic carbocycles. The Labute approximate surface area is 224 Å². The van der Waals surface area contributed by atoms with Crippen molar-refractivity contribution in [2.24, 2.45) is 0 Å². The molecule has 11 nitrogen and oxygen atoms in total. The van der Waals surface area contributed by atoms with Crippen LogP contribution < -0.4 is 15.4 Å². The molecule has 39 heavy (non-hydrogen) atoms. The fourth-order valence-electron chi connectivity index (χ4n) is 4.58. The number of ether oxygens (including phenoxy) is 1. The number of carbonyl (C=O) groups excluding carboxylic acids is 1. The number of amides is 1. The number of halogens is 3. The van der Waals surface area contributed by atoms with Crippen molar-refractivity contribution in [1.29, 1.82) is 0 Å². The summed E-state index contributed by atoms with van der Waals surface area (Å²) in [4.78, 5) is 31.0. The molecule has 0 aliphatic carbocycles. The zero-order valence-electron chi connectivity index (χ0n) is 22.6. The van der Waals surface area contributed by atoms with Gasteiger partial charge in [-0.1, -0.05) is 19.4 Å².